The summed E-state index contributed by atoms with van der Waals surface area (Å²) in [7, 11) is 0. The molecule has 0 saturated carbocycles. The number of hydrogen-bond donors (Lipinski definition) is 0. The van der Waals surface area contributed by atoms with Gasteiger partial charge in [0.05, 0.1) is 11.9 Å². The van der Waals surface area contributed by atoms with Gasteiger partial charge in [-0.05, 0) is 36.8 Å². The number of halogens is 1. The molecule has 0 amide bonds. The van der Waals surface area contributed by atoms with Gasteiger partial charge in [0.25, 0.3) is 0 Å². The van der Waals surface area contributed by atoms with Gasteiger partial charge in [-0.2, -0.15) is 5.10 Å². The van der Waals surface area contributed by atoms with Crippen molar-refractivity contribution in [2.24, 2.45) is 0 Å². The highest BCUT2D eigenvalue weighted by molar-refractivity contribution is 5.32. The Hall–Kier alpha value is -2.62. The summed E-state index contributed by atoms with van der Waals surface area (Å²) in [5.74, 6) is -0.0847. The van der Waals surface area contributed by atoms with Crippen molar-refractivity contribution in [1.29, 1.82) is 0 Å². The lowest BCUT2D eigenvalue weighted by Gasteiger charge is -2.06. The van der Waals surface area contributed by atoms with Crippen LogP contribution in [0.1, 0.15) is 11.1 Å². The van der Waals surface area contributed by atoms with Crippen molar-refractivity contribution in [2.75, 3.05) is 0 Å². The number of para-hydroxylation sites is 1. The van der Waals surface area contributed by atoms with Gasteiger partial charge in [-0.3, -0.25) is 0 Å². The van der Waals surface area contributed by atoms with E-state index in [2.05, 4.69) is 5.10 Å². The zero-order valence-electron chi connectivity index (χ0n) is 11.7. The molecular weight excluding hydrogens is 267 g/mol. The SMILES string of the molecule is Cc1ccc(F)c(OCc2cnn(-c3ccccc3)c2)c1. The second kappa shape index (κ2) is 5.79. The van der Waals surface area contributed by atoms with Crippen LogP contribution in [-0.2, 0) is 6.61 Å². The van der Waals surface area contributed by atoms with Crippen LogP contribution in [0.4, 0.5) is 4.39 Å². The second-order valence-corrected chi connectivity index (χ2v) is 4.85. The molecule has 4 heteroatoms. The number of hydrogen-bond acceptors (Lipinski definition) is 2. The lowest BCUT2D eigenvalue weighted by atomic mass is 10.2. The van der Waals surface area contributed by atoms with Crippen molar-refractivity contribution >= 4 is 0 Å². The second-order valence-electron chi connectivity index (χ2n) is 4.85. The van der Waals surface area contributed by atoms with Crippen LogP contribution in [0.3, 0.4) is 0 Å². The average Bonchev–Trinajstić information content (AvgIpc) is 2.98. The Labute approximate surface area is 122 Å². The van der Waals surface area contributed by atoms with Crippen LogP contribution in [0.5, 0.6) is 5.75 Å². The topological polar surface area (TPSA) is 27.1 Å². The molecule has 0 N–H and O–H groups in total. The Morgan fingerprint density at radius 3 is 2.76 bits per heavy atom. The van der Waals surface area contributed by atoms with Crippen LogP contribution in [0.2, 0.25) is 0 Å². The van der Waals surface area contributed by atoms with Crippen LogP contribution in [0.25, 0.3) is 5.69 Å². The molecule has 3 rings (SSSR count). The number of ether oxygens (including phenoxy) is 1. The third kappa shape index (κ3) is 3.11. The normalized spacial score (nSPS) is 10.6. The van der Waals surface area contributed by atoms with Crippen molar-refractivity contribution < 1.29 is 9.13 Å². The third-order valence-electron chi connectivity index (χ3n) is 3.14. The van der Waals surface area contributed by atoms with Crippen LogP contribution >= 0.6 is 0 Å². The third-order valence-corrected chi connectivity index (χ3v) is 3.14. The molecule has 0 aliphatic rings. The van der Waals surface area contributed by atoms with Gasteiger partial charge in [0.1, 0.15) is 6.61 Å². The monoisotopic (exact) mass is 282 g/mol. The molecule has 3 aromatic rings. The van der Waals surface area contributed by atoms with Crippen molar-refractivity contribution in [3.63, 3.8) is 0 Å². The van der Waals surface area contributed by atoms with Crippen LogP contribution in [0.15, 0.2) is 60.9 Å². The summed E-state index contributed by atoms with van der Waals surface area (Å²) in [4.78, 5) is 0. The summed E-state index contributed by atoms with van der Waals surface area (Å²) in [6, 6.07) is 14.6. The van der Waals surface area contributed by atoms with E-state index in [9.17, 15) is 4.39 Å². The summed E-state index contributed by atoms with van der Waals surface area (Å²) in [5, 5.41) is 4.28. The van der Waals surface area contributed by atoms with E-state index in [4.69, 9.17) is 4.74 Å². The van der Waals surface area contributed by atoms with Gasteiger partial charge in [-0.15, -0.1) is 0 Å². The van der Waals surface area contributed by atoms with Crippen molar-refractivity contribution in [1.82, 2.24) is 9.78 Å². The largest absolute Gasteiger partial charge is 0.486 e. The minimum absolute atomic E-state index is 0.266. The summed E-state index contributed by atoms with van der Waals surface area (Å²) in [6.07, 6.45) is 3.60. The predicted octanol–water partition coefficient (Wildman–Crippen LogP) is 3.90. The highest BCUT2D eigenvalue weighted by atomic mass is 19.1. The van der Waals surface area contributed by atoms with Gasteiger partial charge >= 0.3 is 0 Å². The van der Waals surface area contributed by atoms with Gasteiger partial charge in [0.15, 0.2) is 11.6 Å². The zero-order chi connectivity index (χ0) is 14.7. The molecule has 0 spiro atoms. The van der Waals surface area contributed by atoms with Gasteiger partial charge in [0, 0.05) is 11.8 Å². The molecule has 1 heterocycles. The van der Waals surface area contributed by atoms with Crippen LogP contribution in [-0.4, -0.2) is 9.78 Å². The molecule has 106 valence electrons. The van der Waals surface area contributed by atoms with E-state index >= 15 is 0 Å². The molecule has 3 nitrogen and oxygen atoms in total. The minimum atomic E-state index is -0.351. The Kier molecular flexibility index (Phi) is 3.69. The lowest BCUT2D eigenvalue weighted by molar-refractivity contribution is 0.290. The van der Waals surface area contributed by atoms with E-state index in [1.807, 2.05) is 43.5 Å². The molecular formula is C17H15FN2O. The molecule has 1 aromatic heterocycles. The summed E-state index contributed by atoms with van der Waals surface area (Å²) in [5.41, 5.74) is 2.83. The molecule has 0 unspecified atom stereocenters. The van der Waals surface area contributed by atoms with Gasteiger partial charge in [-0.1, -0.05) is 24.3 Å². The molecule has 0 aliphatic carbocycles. The summed E-state index contributed by atoms with van der Waals surface area (Å²) < 4.78 is 20.9. The molecule has 0 fully saturated rings. The first-order chi connectivity index (χ1) is 10.2. The number of aryl methyl sites for hydroxylation is 1. The fourth-order valence-electron chi connectivity index (χ4n) is 2.04. The average molecular weight is 282 g/mol. The number of nitrogens with zero attached hydrogens (tertiary/aromatic N) is 2. The lowest BCUT2D eigenvalue weighted by Crippen LogP contribution is -1.97. The fraction of sp³-hybridized carbons (Fsp3) is 0.118. The Morgan fingerprint density at radius 1 is 1.14 bits per heavy atom. The van der Waals surface area contributed by atoms with Crippen molar-refractivity contribution in [2.45, 2.75) is 13.5 Å². The maximum atomic E-state index is 13.6. The first kappa shape index (κ1) is 13.4. The number of rotatable bonds is 4. The van der Waals surface area contributed by atoms with Gasteiger partial charge in [-0.25, -0.2) is 9.07 Å². The maximum Gasteiger partial charge on any atom is 0.165 e. The Bertz CT molecular complexity index is 738. The van der Waals surface area contributed by atoms with Crippen molar-refractivity contribution in [3.8, 4) is 11.4 Å². The zero-order valence-corrected chi connectivity index (χ0v) is 11.7. The van der Waals surface area contributed by atoms with E-state index in [-0.39, 0.29) is 18.2 Å². The fourth-order valence-corrected chi connectivity index (χ4v) is 2.04. The Balaban J connectivity index is 1.72. The predicted molar refractivity (Wildman–Crippen MR) is 79.0 cm³/mol. The first-order valence-electron chi connectivity index (χ1n) is 6.70. The smallest absolute Gasteiger partial charge is 0.165 e. The molecule has 0 saturated heterocycles. The highest BCUT2D eigenvalue weighted by Gasteiger charge is 2.05. The molecule has 0 radical (unpaired) electrons. The molecule has 2 aromatic carbocycles. The van der Waals surface area contributed by atoms with E-state index in [0.29, 0.717) is 0 Å². The summed E-state index contributed by atoms with van der Waals surface area (Å²) >= 11 is 0. The Morgan fingerprint density at radius 2 is 1.95 bits per heavy atom. The van der Waals surface area contributed by atoms with Crippen molar-refractivity contribution in [3.05, 3.63) is 77.9 Å². The maximum absolute atomic E-state index is 13.6. The molecule has 0 bridgehead atoms. The van der Waals surface area contributed by atoms with E-state index in [1.165, 1.54) is 6.07 Å². The van der Waals surface area contributed by atoms with E-state index < -0.39 is 0 Å². The number of aromatic nitrogens is 2. The standard InChI is InChI=1S/C17H15FN2O/c1-13-7-8-16(18)17(9-13)21-12-14-10-19-20(11-14)15-5-3-2-4-6-15/h2-11H,12H2,1H3. The van der Waals surface area contributed by atoms with Crippen LogP contribution < -0.4 is 4.74 Å². The highest BCUT2D eigenvalue weighted by Crippen LogP contribution is 2.19. The minimum Gasteiger partial charge on any atom is -0.486 e. The van der Waals surface area contributed by atoms with Gasteiger partial charge in [0.2, 0.25) is 0 Å². The first-order valence-corrected chi connectivity index (χ1v) is 6.70. The van der Waals surface area contributed by atoms with E-state index in [1.54, 1.807) is 23.0 Å². The molecule has 21 heavy (non-hydrogen) atoms. The van der Waals surface area contributed by atoms with E-state index in [0.717, 1.165) is 16.8 Å². The van der Waals surface area contributed by atoms with Crippen LogP contribution in [0, 0.1) is 12.7 Å². The van der Waals surface area contributed by atoms with Gasteiger partial charge < -0.3 is 4.74 Å². The summed E-state index contributed by atoms with van der Waals surface area (Å²) in [6.45, 7) is 2.19. The molecule has 0 atom stereocenters. The number of benzene rings is 2. The molecule has 0 aliphatic heterocycles. The quantitative estimate of drug-likeness (QED) is 0.725.